The highest BCUT2D eigenvalue weighted by molar-refractivity contribution is 14.1. The summed E-state index contributed by atoms with van der Waals surface area (Å²) in [7, 11) is 0. The van der Waals surface area contributed by atoms with Gasteiger partial charge in [0.1, 0.15) is 0 Å². The lowest BCUT2D eigenvalue weighted by Gasteiger charge is -2.35. The highest BCUT2D eigenvalue weighted by Gasteiger charge is 2.40. The zero-order chi connectivity index (χ0) is 14.8. The van der Waals surface area contributed by atoms with Crippen molar-refractivity contribution in [1.29, 1.82) is 0 Å². The highest BCUT2D eigenvalue weighted by atomic mass is 127. The van der Waals surface area contributed by atoms with Crippen molar-refractivity contribution in [3.05, 3.63) is 33.4 Å². The van der Waals surface area contributed by atoms with Gasteiger partial charge in [0.25, 0.3) is 0 Å². The molecule has 0 aliphatic carbocycles. The number of nitrogens with zero attached hydrogens (tertiary/aromatic N) is 1. The zero-order valence-electron chi connectivity index (χ0n) is 10.9. The van der Waals surface area contributed by atoms with Gasteiger partial charge in [0.15, 0.2) is 5.60 Å². The van der Waals surface area contributed by atoms with Crippen LogP contribution in [0.4, 0.5) is 0 Å². The Morgan fingerprint density at radius 1 is 1.25 bits per heavy atom. The van der Waals surface area contributed by atoms with Crippen molar-refractivity contribution >= 4 is 34.5 Å². The molecule has 1 amide bonds. The summed E-state index contributed by atoms with van der Waals surface area (Å²) in [6.45, 7) is 0.566. The molecule has 0 atom stereocenters. The molecular weight excluding hydrogens is 373 g/mol. The fourth-order valence-corrected chi connectivity index (χ4v) is 2.83. The average molecular weight is 389 g/mol. The minimum absolute atomic E-state index is 0.0263. The lowest BCUT2D eigenvalue weighted by Crippen LogP contribution is -2.51. The molecule has 0 saturated carbocycles. The summed E-state index contributed by atoms with van der Waals surface area (Å²) in [5, 5.41) is 18.8. The molecule has 0 aromatic heterocycles. The first-order chi connectivity index (χ1) is 9.42. The van der Waals surface area contributed by atoms with Crippen LogP contribution in [-0.4, -0.2) is 45.7 Å². The third-order valence-corrected chi connectivity index (χ3v) is 4.69. The summed E-state index contributed by atoms with van der Waals surface area (Å²) in [5.74, 6) is -1.23. The monoisotopic (exact) mass is 389 g/mol. The fraction of sp³-hybridized carbons (Fsp3) is 0.429. The van der Waals surface area contributed by atoms with Gasteiger partial charge in [-0.05, 0) is 34.2 Å². The second-order valence-electron chi connectivity index (χ2n) is 4.99. The molecule has 0 radical (unpaired) electrons. The minimum Gasteiger partial charge on any atom is -0.479 e. The van der Waals surface area contributed by atoms with Crippen LogP contribution in [0.25, 0.3) is 0 Å². The second kappa shape index (κ2) is 6.09. The summed E-state index contributed by atoms with van der Waals surface area (Å²) in [6.07, 6.45) is 0.477. The quantitative estimate of drug-likeness (QED) is 0.764. The number of carbonyl (C=O) groups excluding carboxylic acids is 1. The van der Waals surface area contributed by atoms with E-state index in [1.54, 1.807) is 4.90 Å². The highest BCUT2D eigenvalue weighted by Crippen LogP contribution is 2.23. The largest absolute Gasteiger partial charge is 0.479 e. The molecule has 1 saturated heterocycles. The molecule has 1 fully saturated rings. The predicted molar refractivity (Wildman–Crippen MR) is 81.3 cm³/mol. The van der Waals surface area contributed by atoms with Crippen LogP contribution in [0.1, 0.15) is 18.4 Å². The summed E-state index contributed by atoms with van der Waals surface area (Å²) in [4.78, 5) is 24.8. The first kappa shape index (κ1) is 15.2. The van der Waals surface area contributed by atoms with Crippen LogP contribution in [0.3, 0.4) is 0 Å². The number of carbonyl (C=O) groups is 2. The third kappa shape index (κ3) is 3.29. The number of carboxylic acids is 1. The second-order valence-corrected chi connectivity index (χ2v) is 6.15. The molecular formula is C14H16INO4. The number of benzene rings is 1. The van der Waals surface area contributed by atoms with Gasteiger partial charge in [-0.2, -0.15) is 0 Å². The summed E-state index contributed by atoms with van der Waals surface area (Å²) >= 11 is 2.19. The van der Waals surface area contributed by atoms with Gasteiger partial charge in [-0.1, -0.05) is 18.2 Å². The van der Waals surface area contributed by atoms with Crippen LogP contribution in [0.5, 0.6) is 0 Å². The number of halogens is 1. The van der Waals surface area contributed by atoms with Gasteiger partial charge in [-0.3, -0.25) is 4.79 Å². The Bertz CT molecular complexity index is 524. The van der Waals surface area contributed by atoms with Crippen molar-refractivity contribution in [2.75, 3.05) is 13.1 Å². The molecule has 5 nitrogen and oxygen atoms in total. The van der Waals surface area contributed by atoms with Gasteiger partial charge in [0.2, 0.25) is 5.91 Å². The smallest absolute Gasteiger partial charge is 0.335 e. The van der Waals surface area contributed by atoms with Gasteiger partial charge in [0.05, 0.1) is 6.42 Å². The van der Waals surface area contributed by atoms with Gasteiger partial charge >= 0.3 is 5.97 Å². The van der Waals surface area contributed by atoms with Crippen LogP contribution in [0.15, 0.2) is 24.3 Å². The molecule has 20 heavy (non-hydrogen) atoms. The number of hydrogen-bond donors (Lipinski definition) is 2. The molecule has 6 heteroatoms. The molecule has 1 aliphatic heterocycles. The number of amides is 1. The van der Waals surface area contributed by atoms with E-state index in [1.165, 1.54) is 0 Å². The van der Waals surface area contributed by atoms with Crippen molar-refractivity contribution in [3.8, 4) is 0 Å². The molecule has 0 unspecified atom stereocenters. The molecule has 1 aromatic carbocycles. The van der Waals surface area contributed by atoms with E-state index in [1.807, 2.05) is 24.3 Å². The normalized spacial score (nSPS) is 17.8. The molecule has 1 aliphatic rings. The Balaban J connectivity index is 1.96. The van der Waals surface area contributed by atoms with Crippen molar-refractivity contribution in [3.63, 3.8) is 0 Å². The molecule has 2 rings (SSSR count). The van der Waals surface area contributed by atoms with Crippen LogP contribution in [0.2, 0.25) is 0 Å². The van der Waals surface area contributed by atoms with Crippen LogP contribution in [0, 0.1) is 3.57 Å². The third-order valence-electron chi connectivity index (χ3n) is 3.64. The van der Waals surface area contributed by atoms with E-state index >= 15 is 0 Å². The van der Waals surface area contributed by atoms with Gasteiger partial charge in [0, 0.05) is 29.5 Å². The molecule has 108 valence electrons. The number of piperidine rings is 1. The maximum atomic E-state index is 12.2. The van der Waals surface area contributed by atoms with E-state index < -0.39 is 11.6 Å². The lowest BCUT2D eigenvalue weighted by molar-refractivity contribution is -0.165. The number of aliphatic hydroxyl groups is 1. The van der Waals surface area contributed by atoms with Crippen LogP contribution in [-0.2, 0) is 16.0 Å². The first-order valence-electron chi connectivity index (χ1n) is 6.39. The summed E-state index contributed by atoms with van der Waals surface area (Å²) in [6, 6.07) is 7.67. The van der Waals surface area contributed by atoms with Crippen LogP contribution < -0.4 is 0 Å². The average Bonchev–Trinajstić information content (AvgIpc) is 2.42. The van der Waals surface area contributed by atoms with E-state index in [2.05, 4.69) is 22.6 Å². The minimum atomic E-state index is -1.68. The number of rotatable bonds is 3. The van der Waals surface area contributed by atoms with E-state index in [-0.39, 0.29) is 31.8 Å². The molecule has 1 aromatic rings. The fourth-order valence-electron chi connectivity index (χ4n) is 2.26. The van der Waals surface area contributed by atoms with Crippen molar-refractivity contribution < 1.29 is 19.8 Å². The Morgan fingerprint density at radius 2 is 1.85 bits per heavy atom. The Morgan fingerprint density at radius 3 is 2.40 bits per heavy atom. The van der Waals surface area contributed by atoms with E-state index in [4.69, 9.17) is 5.11 Å². The van der Waals surface area contributed by atoms with Gasteiger partial charge < -0.3 is 15.1 Å². The molecule has 2 N–H and O–H groups in total. The van der Waals surface area contributed by atoms with Crippen molar-refractivity contribution in [1.82, 2.24) is 4.90 Å². The first-order valence-corrected chi connectivity index (χ1v) is 7.47. The SMILES string of the molecule is O=C(Cc1ccccc1I)N1CCC(O)(C(=O)O)CC1. The van der Waals surface area contributed by atoms with E-state index in [0.29, 0.717) is 6.42 Å². The van der Waals surface area contributed by atoms with Gasteiger partial charge in [-0.15, -0.1) is 0 Å². The maximum absolute atomic E-state index is 12.2. The zero-order valence-corrected chi connectivity index (χ0v) is 13.0. The molecule has 1 heterocycles. The van der Waals surface area contributed by atoms with Crippen molar-refractivity contribution in [2.45, 2.75) is 24.9 Å². The van der Waals surface area contributed by atoms with Gasteiger partial charge in [-0.25, -0.2) is 4.79 Å². The number of hydrogen-bond acceptors (Lipinski definition) is 3. The lowest BCUT2D eigenvalue weighted by atomic mass is 9.91. The number of likely N-dealkylation sites (tertiary alicyclic amines) is 1. The van der Waals surface area contributed by atoms with Crippen molar-refractivity contribution in [2.24, 2.45) is 0 Å². The van der Waals surface area contributed by atoms with E-state index in [9.17, 15) is 14.7 Å². The Labute approximate surface area is 130 Å². The molecule has 0 bridgehead atoms. The summed E-state index contributed by atoms with van der Waals surface area (Å²) in [5.41, 5.74) is -0.713. The topological polar surface area (TPSA) is 77.8 Å². The van der Waals surface area contributed by atoms with E-state index in [0.717, 1.165) is 9.13 Å². The standard InChI is InChI=1S/C14H16INO4/c15-11-4-2-1-3-10(11)9-12(17)16-7-5-14(20,6-8-16)13(18)19/h1-4,20H,5-9H2,(H,18,19). The Hall–Kier alpha value is -1.15. The predicted octanol–water partition coefficient (Wildman–Crippen LogP) is 1.27. The van der Waals surface area contributed by atoms with Crippen LogP contribution >= 0.6 is 22.6 Å². The molecule has 0 spiro atoms. The maximum Gasteiger partial charge on any atom is 0.335 e. The number of aliphatic carboxylic acids is 1. The summed E-state index contributed by atoms with van der Waals surface area (Å²) < 4.78 is 1.04. The Kier molecular flexibility index (Phi) is 4.64. The number of carboxylic acid groups (broad SMARTS) is 1.